The SMILES string of the molecule is Cc1nnc(C)n1-c1ccc(O[C@H]2c3ccccc3C[C@@H]2N2CCC[C@@H](N)C2)cc1. The van der Waals surface area contributed by atoms with Gasteiger partial charge in [-0.1, -0.05) is 24.3 Å². The van der Waals surface area contributed by atoms with E-state index in [1.807, 2.05) is 30.5 Å². The van der Waals surface area contributed by atoms with Crippen LogP contribution in [0.3, 0.4) is 0 Å². The number of aryl methyl sites for hydroxylation is 2. The summed E-state index contributed by atoms with van der Waals surface area (Å²) >= 11 is 0. The molecule has 6 nitrogen and oxygen atoms in total. The second kappa shape index (κ2) is 7.85. The van der Waals surface area contributed by atoms with Gasteiger partial charge in [-0.2, -0.15) is 0 Å². The van der Waals surface area contributed by atoms with E-state index in [1.165, 1.54) is 11.1 Å². The van der Waals surface area contributed by atoms with Crippen molar-refractivity contribution in [2.75, 3.05) is 13.1 Å². The smallest absolute Gasteiger partial charge is 0.140 e. The van der Waals surface area contributed by atoms with E-state index in [-0.39, 0.29) is 12.1 Å². The first-order valence-electron chi connectivity index (χ1n) is 10.8. The highest BCUT2D eigenvalue weighted by Crippen LogP contribution is 2.39. The molecule has 156 valence electrons. The Labute approximate surface area is 177 Å². The van der Waals surface area contributed by atoms with E-state index in [9.17, 15) is 0 Å². The summed E-state index contributed by atoms with van der Waals surface area (Å²) in [5.41, 5.74) is 10.0. The fourth-order valence-electron chi connectivity index (χ4n) is 5.00. The maximum Gasteiger partial charge on any atom is 0.140 e. The van der Waals surface area contributed by atoms with Crippen LogP contribution in [-0.4, -0.2) is 44.8 Å². The number of aromatic nitrogens is 3. The van der Waals surface area contributed by atoms with E-state index >= 15 is 0 Å². The lowest BCUT2D eigenvalue weighted by Crippen LogP contribution is -2.49. The molecular weight excluding hydrogens is 374 g/mol. The van der Waals surface area contributed by atoms with Crippen molar-refractivity contribution >= 4 is 0 Å². The first-order chi connectivity index (χ1) is 14.6. The van der Waals surface area contributed by atoms with Gasteiger partial charge >= 0.3 is 0 Å². The van der Waals surface area contributed by atoms with E-state index in [4.69, 9.17) is 10.5 Å². The molecule has 0 unspecified atom stereocenters. The van der Waals surface area contributed by atoms with Crippen LogP contribution in [0.2, 0.25) is 0 Å². The average Bonchev–Trinajstić information content (AvgIpc) is 3.29. The Hall–Kier alpha value is -2.70. The molecule has 1 saturated heterocycles. The summed E-state index contributed by atoms with van der Waals surface area (Å²) in [6.07, 6.45) is 3.32. The van der Waals surface area contributed by atoms with Crippen LogP contribution in [0.5, 0.6) is 5.75 Å². The fraction of sp³-hybridized carbons (Fsp3) is 0.417. The van der Waals surface area contributed by atoms with Crippen molar-refractivity contribution in [3.63, 3.8) is 0 Å². The van der Waals surface area contributed by atoms with Crippen LogP contribution < -0.4 is 10.5 Å². The molecule has 0 spiro atoms. The molecule has 0 saturated carbocycles. The van der Waals surface area contributed by atoms with Crippen molar-refractivity contribution in [3.05, 3.63) is 71.3 Å². The monoisotopic (exact) mass is 403 g/mol. The predicted molar refractivity (Wildman–Crippen MR) is 117 cm³/mol. The zero-order valence-corrected chi connectivity index (χ0v) is 17.7. The number of nitrogens with zero attached hydrogens (tertiary/aromatic N) is 4. The summed E-state index contributed by atoms with van der Waals surface area (Å²) < 4.78 is 8.66. The third-order valence-electron chi connectivity index (χ3n) is 6.44. The number of ether oxygens (including phenoxy) is 1. The predicted octanol–water partition coefficient (Wildman–Crippen LogP) is 3.35. The lowest BCUT2D eigenvalue weighted by molar-refractivity contribution is 0.0593. The molecule has 0 bridgehead atoms. The number of hydrogen-bond donors (Lipinski definition) is 1. The molecule has 1 fully saturated rings. The van der Waals surface area contributed by atoms with Gasteiger partial charge in [-0.3, -0.25) is 9.47 Å². The zero-order valence-electron chi connectivity index (χ0n) is 17.7. The van der Waals surface area contributed by atoms with Crippen LogP contribution in [0.4, 0.5) is 0 Å². The second-order valence-electron chi connectivity index (χ2n) is 8.53. The van der Waals surface area contributed by atoms with Crippen molar-refractivity contribution in [2.45, 2.75) is 51.3 Å². The van der Waals surface area contributed by atoms with Crippen molar-refractivity contribution in [3.8, 4) is 11.4 Å². The Morgan fingerprint density at radius 3 is 2.47 bits per heavy atom. The van der Waals surface area contributed by atoms with Gasteiger partial charge in [0.1, 0.15) is 23.5 Å². The number of nitrogens with two attached hydrogens (primary N) is 1. The lowest BCUT2D eigenvalue weighted by Gasteiger charge is -2.38. The molecule has 1 aliphatic heterocycles. The van der Waals surface area contributed by atoms with Crippen molar-refractivity contribution in [2.24, 2.45) is 5.73 Å². The van der Waals surface area contributed by atoms with Gasteiger partial charge in [-0.05, 0) is 75.0 Å². The van der Waals surface area contributed by atoms with E-state index in [1.54, 1.807) is 0 Å². The summed E-state index contributed by atoms with van der Waals surface area (Å²) in [5, 5.41) is 8.31. The molecule has 1 aliphatic carbocycles. The van der Waals surface area contributed by atoms with Crippen LogP contribution in [0.1, 0.15) is 41.7 Å². The van der Waals surface area contributed by atoms with Gasteiger partial charge in [0, 0.05) is 18.3 Å². The van der Waals surface area contributed by atoms with E-state index in [2.05, 4.69) is 51.5 Å². The first-order valence-corrected chi connectivity index (χ1v) is 10.8. The molecule has 3 aromatic rings. The van der Waals surface area contributed by atoms with E-state index < -0.39 is 0 Å². The first kappa shape index (κ1) is 19.3. The van der Waals surface area contributed by atoms with Crippen LogP contribution in [0, 0.1) is 13.8 Å². The molecule has 1 aromatic heterocycles. The van der Waals surface area contributed by atoms with Crippen LogP contribution in [-0.2, 0) is 6.42 Å². The Morgan fingerprint density at radius 1 is 1.00 bits per heavy atom. The topological polar surface area (TPSA) is 69.2 Å². The molecule has 2 aromatic carbocycles. The van der Waals surface area contributed by atoms with Crippen LogP contribution in [0.25, 0.3) is 5.69 Å². The summed E-state index contributed by atoms with van der Waals surface area (Å²) in [6, 6.07) is 17.5. The summed E-state index contributed by atoms with van der Waals surface area (Å²) in [4.78, 5) is 2.54. The Kier molecular flexibility index (Phi) is 5.05. The average molecular weight is 404 g/mol. The molecule has 2 N–H and O–H groups in total. The Balaban J connectivity index is 1.41. The highest BCUT2D eigenvalue weighted by atomic mass is 16.5. The fourth-order valence-corrected chi connectivity index (χ4v) is 5.00. The number of hydrogen-bond acceptors (Lipinski definition) is 5. The highest BCUT2D eigenvalue weighted by molar-refractivity contribution is 5.41. The number of fused-ring (bicyclic) bond motifs is 1. The quantitative estimate of drug-likeness (QED) is 0.723. The minimum atomic E-state index is 0.0238. The molecule has 0 radical (unpaired) electrons. The summed E-state index contributed by atoms with van der Waals surface area (Å²) in [7, 11) is 0. The third kappa shape index (κ3) is 3.50. The normalized spacial score (nSPS) is 24.0. The van der Waals surface area contributed by atoms with Gasteiger partial charge in [0.25, 0.3) is 0 Å². The number of benzene rings is 2. The van der Waals surface area contributed by atoms with Gasteiger partial charge in [0.2, 0.25) is 0 Å². The highest BCUT2D eigenvalue weighted by Gasteiger charge is 2.39. The molecule has 2 heterocycles. The van der Waals surface area contributed by atoms with Gasteiger partial charge < -0.3 is 10.5 Å². The molecule has 2 aliphatic rings. The lowest BCUT2D eigenvalue weighted by atomic mass is 10.0. The molecule has 5 rings (SSSR count). The second-order valence-corrected chi connectivity index (χ2v) is 8.53. The van der Waals surface area contributed by atoms with Crippen molar-refractivity contribution < 1.29 is 4.74 Å². The number of likely N-dealkylation sites (tertiary alicyclic amines) is 1. The zero-order chi connectivity index (χ0) is 20.7. The maximum absolute atomic E-state index is 6.61. The largest absolute Gasteiger partial charge is 0.484 e. The minimum Gasteiger partial charge on any atom is -0.484 e. The van der Waals surface area contributed by atoms with E-state index in [0.29, 0.717) is 6.04 Å². The van der Waals surface area contributed by atoms with Crippen LogP contribution in [0.15, 0.2) is 48.5 Å². The third-order valence-corrected chi connectivity index (χ3v) is 6.44. The minimum absolute atomic E-state index is 0.0238. The molecule has 3 atom stereocenters. The molecular formula is C24H29N5O. The standard InChI is InChI=1S/C24H29N5O/c1-16-26-27-17(2)29(16)20-9-11-21(12-10-20)30-24-22-8-4-3-6-18(22)14-23(24)28-13-5-7-19(25)15-28/h3-4,6,8-12,19,23-24H,5,7,13-15,25H2,1-2H3/t19-,23+,24+/m1/s1. The Bertz CT molecular complexity index is 1010. The van der Waals surface area contributed by atoms with Gasteiger partial charge in [-0.15, -0.1) is 10.2 Å². The molecule has 0 amide bonds. The van der Waals surface area contributed by atoms with Gasteiger partial charge in [-0.25, -0.2) is 0 Å². The summed E-state index contributed by atoms with van der Waals surface area (Å²) in [5.74, 6) is 2.65. The van der Waals surface area contributed by atoms with Crippen LogP contribution >= 0.6 is 0 Å². The maximum atomic E-state index is 6.61. The summed E-state index contributed by atoms with van der Waals surface area (Å²) in [6.45, 7) is 5.97. The van der Waals surface area contributed by atoms with Gasteiger partial charge in [0.15, 0.2) is 0 Å². The number of rotatable bonds is 4. The van der Waals surface area contributed by atoms with Crippen molar-refractivity contribution in [1.82, 2.24) is 19.7 Å². The van der Waals surface area contributed by atoms with Crippen molar-refractivity contribution in [1.29, 1.82) is 0 Å². The molecule has 6 heteroatoms. The van der Waals surface area contributed by atoms with E-state index in [0.717, 1.165) is 55.4 Å². The molecule has 30 heavy (non-hydrogen) atoms. The Morgan fingerprint density at radius 2 is 1.73 bits per heavy atom. The van der Waals surface area contributed by atoms with Gasteiger partial charge in [0.05, 0.1) is 6.04 Å². The number of piperidine rings is 1.